The van der Waals surface area contributed by atoms with Crippen molar-refractivity contribution in [3.63, 3.8) is 0 Å². The van der Waals surface area contributed by atoms with Crippen LogP contribution in [-0.2, 0) is 14.3 Å². The van der Waals surface area contributed by atoms with Crippen molar-refractivity contribution in [2.75, 3.05) is 0 Å². The van der Waals surface area contributed by atoms with Crippen LogP contribution in [0.3, 0.4) is 0 Å². The average molecular weight is 461 g/mol. The molecule has 4 heteroatoms. The summed E-state index contributed by atoms with van der Waals surface area (Å²) in [5, 5.41) is 11.8. The van der Waals surface area contributed by atoms with Crippen LogP contribution in [0.25, 0.3) is 0 Å². The summed E-state index contributed by atoms with van der Waals surface area (Å²) in [6, 6.07) is 0. The number of fused-ring (bicyclic) bond motifs is 5. The lowest BCUT2D eigenvalue weighted by molar-refractivity contribution is -0.217. The van der Waals surface area contributed by atoms with Crippen molar-refractivity contribution in [2.45, 2.75) is 124 Å². The Morgan fingerprint density at radius 1 is 1.06 bits per heavy atom. The third kappa shape index (κ3) is 4.10. The molecule has 0 aromatic carbocycles. The molecule has 0 unspecified atom stereocenters. The largest absolute Gasteiger partial charge is 0.462 e. The van der Waals surface area contributed by atoms with E-state index in [0.717, 1.165) is 37.0 Å². The maximum atomic E-state index is 13.6. The standard InChI is InChI=1S/C29H48O4/c1-18(2)8-7-9-19(3)23-10-11-24-22-16-26(31)29(32)17-21(33-20(4)30)12-15-28(29,6)25(22)13-14-27(23,24)5/h18-19,21-25,32H,7-17H2,1-6H3/t19-,21-,22+,23+,24-,25+,27+,28+,29-/m0/s1. The van der Waals surface area contributed by atoms with Crippen molar-refractivity contribution in [1.29, 1.82) is 0 Å². The quantitative estimate of drug-likeness (QED) is 0.470. The van der Waals surface area contributed by atoms with E-state index in [1.165, 1.54) is 45.4 Å². The van der Waals surface area contributed by atoms with Gasteiger partial charge >= 0.3 is 5.97 Å². The van der Waals surface area contributed by atoms with Gasteiger partial charge in [-0.15, -0.1) is 0 Å². The minimum absolute atomic E-state index is 0.0146. The molecule has 4 fully saturated rings. The first-order chi connectivity index (χ1) is 15.4. The maximum absolute atomic E-state index is 13.6. The molecule has 0 aliphatic heterocycles. The SMILES string of the molecule is CC(=O)O[C@H]1CC[C@]2(C)[C@@H]3CC[C@]4(C)[C@@H]([C@@H](C)CCCC(C)C)CC[C@H]4[C@H]3CC(=O)[C@@]2(O)C1. The molecule has 0 saturated heterocycles. The summed E-state index contributed by atoms with van der Waals surface area (Å²) in [6.07, 6.45) is 10.9. The first-order valence-electron chi connectivity index (χ1n) is 13.8. The summed E-state index contributed by atoms with van der Waals surface area (Å²) >= 11 is 0. The molecule has 1 N–H and O–H groups in total. The molecule has 0 amide bonds. The summed E-state index contributed by atoms with van der Waals surface area (Å²) in [5.41, 5.74) is -1.41. The van der Waals surface area contributed by atoms with Crippen LogP contribution in [0.15, 0.2) is 0 Å². The summed E-state index contributed by atoms with van der Waals surface area (Å²) in [4.78, 5) is 25.1. The van der Waals surface area contributed by atoms with E-state index in [-0.39, 0.29) is 24.3 Å². The Morgan fingerprint density at radius 3 is 2.45 bits per heavy atom. The van der Waals surface area contributed by atoms with Crippen LogP contribution in [-0.4, -0.2) is 28.6 Å². The van der Waals surface area contributed by atoms with Gasteiger partial charge in [0.1, 0.15) is 11.7 Å². The number of carbonyl (C=O) groups excluding carboxylic acids is 2. The molecule has 0 heterocycles. The zero-order valence-electron chi connectivity index (χ0n) is 22.0. The van der Waals surface area contributed by atoms with Crippen molar-refractivity contribution in [3.8, 4) is 0 Å². The van der Waals surface area contributed by atoms with Crippen molar-refractivity contribution < 1.29 is 19.4 Å². The van der Waals surface area contributed by atoms with Crippen LogP contribution in [0.5, 0.6) is 0 Å². The number of ether oxygens (including phenoxy) is 1. The first kappa shape index (κ1) is 25.2. The van der Waals surface area contributed by atoms with E-state index in [0.29, 0.717) is 29.6 Å². The van der Waals surface area contributed by atoms with Gasteiger partial charge < -0.3 is 9.84 Å². The lowest BCUT2D eigenvalue weighted by atomic mass is 9.42. The molecule has 0 bridgehead atoms. The Bertz CT molecular complexity index is 761. The Balaban J connectivity index is 1.52. The van der Waals surface area contributed by atoms with Crippen LogP contribution in [0.1, 0.15) is 112 Å². The Morgan fingerprint density at radius 2 is 1.79 bits per heavy atom. The molecule has 188 valence electrons. The van der Waals surface area contributed by atoms with Crippen LogP contribution in [0.4, 0.5) is 0 Å². The molecule has 0 radical (unpaired) electrons. The molecule has 0 spiro atoms. The van der Waals surface area contributed by atoms with E-state index in [1.54, 1.807) is 0 Å². The first-order valence-corrected chi connectivity index (χ1v) is 13.8. The van der Waals surface area contributed by atoms with E-state index in [2.05, 4.69) is 34.6 Å². The highest BCUT2D eigenvalue weighted by Gasteiger charge is 2.68. The zero-order valence-corrected chi connectivity index (χ0v) is 22.0. The minimum atomic E-state index is -1.34. The number of Topliss-reactive ketones (excluding diaryl/α,β-unsaturated/α-hetero) is 1. The highest BCUT2D eigenvalue weighted by atomic mass is 16.5. The van der Waals surface area contributed by atoms with Crippen molar-refractivity contribution in [2.24, 2.45) is 46.3 Å². The molecule has 4 saturated carbocycles. The number of aliphatic hydroxyl groups is 1. The van der Waals surface area contributed by atoms with Gasteiger partial charge in [0.05, 0.1) is 0 Å². The second-order valence-corrected chi connectivity index (χ2v) is 13.3. The second-order valence-electron chi connectivity index (χ2n) is 13.3. The summed E-state index contributed by atoms with van der Waals surface area (Å²) in [6.45, 7) is 13.2. The van der Waals surface area contributed by atoms with Crippen LogP contribution >= 0.6 is 0 Å². The molecule has 33 heavy (non-hydrogen) atoms. The van der Waals surface area contributed by atoms with Crippen molar-refractivity contribution in [3.05, 3.63) is 0 Å². The Labute approximate surface area is 201 Å². The van der Waals surface area contributed by atoms with Gasteiger partial charge in [-0.3, -0.25) is 9.59 Å². The van der Waals surface area contributed by atoms with Gasteiger partial charge in [-0.25, -0.2) is 0 Å². The summed E-state index contributed by atoms with van der Waals surface area (Å²) in [5.74, 6) is 3.39. The van der Waals surface area contributed by atoms with Gasteiger partial charge in [-0.2, -0.15) is 0 Å². The number of hydrogen-bond acceptors (Lipinski definition) is 4. The number of rotatable bonds is 6. The molecular formula is C29H48O4. The van der Waals surface area contributed by atoms with Crippen LogP contribution in [0, 0.1) is 46.3 Å². The van der Waals surface area contributed by atoms with Gasteiger partial charge in [-0.1, -0.05) is 53.9 Å². The molecule has 4 nitrogen and oxygen atoms in total. The molecule has 0 aromatic heterocycles. The van der Waals surface area contributed by atoms with E-state index < -0.39 is 11.0 Å². The van der Waals surface area contributed by atoms with Gasteiger partial charge in [0.25, 0.3) is 0 Å². The lowest BCUT2D eigenvalue weighted by Gasteiger charge is -2.63. The van der Waals surface area contributed by atoms with Gasteiger partial charge in [0.15, 0.2) is 5.78 Å². The maximum Gasteiger partial charge on any atom is 0.302 e. The smallest absolute Gasteiger partial charge is 0.302 e. The molecule has 4 aliphatic rings. The fraction of sp³-hybridized carbons (Fsp3) is 0.931. The van der Waals surface area contributed by atoms with Gasteiger partial charge in [-0.05, 0) is 79.4 Å². The van der Waals surface area contributed by atoms with Crippen molar-refractivity contribution in [1.82, 2.24) is 0 Å². The second kappa shape index (κ2) is 8.95. The normalized spacial score (nSPS) is 45.8. The minimum Gasteiger partial charge on any atom is -0.462 e. The van der Waals surface area contributed by atoms with Crippen LogP contribution in [0.2, 0.25) is 0 Å². The predicted octanol–water partition coefficient (Wildman–Crippen LogP) is 6.33. The van der Waals surface area contributed by atoms with Crippen molar-refractivity contribution >= 4 is 11.8 Å². The zero-order chi connectivity index (χ0) is 24.2. The third-order valence-electron chi connectivity index (χ3n) is 11.1. The van der Waals surface area contributed by atoms with E-state index >= 15 is 0 Å². The van der Waals surface area contributed by atoms with Crippen LogP contribution < -0.4 is 0 Å². The summed E-state index contributed by atoms with van der Waals surface area (Å²) in [7, 11) is 0. The van der Waals surface area contributed by atoms with E-state index in [1.807, 2.05) is 0 Å². The fourth-order valence-corrected chi connectivity index (χ4v) is 9.36. The number of carbonyl (C=O) groups is 2. The number of esters is 1. The number of ketones is 1. The Hall–Kier alpha value is -0.900. The molecular weight excluding hydrogens is 412 g/mol. The third-order valence-corrected chi connectivity index (χ3v) is 11.1. The molecule has 4 aliphatic carbocycles. The highest BCUT2D eigenvalue weighted by molar-refractivity contribution is 5.89. The lowest BCUT2D eigenvalue weighted by Crippen LogP contribution is -2.67. The topological polar surface area (TPSA) is 63.6 Å². The average Bonchev–Trinajstić information content (AvgIpc) is 3.07. The van der Waals surface area contributed by atoms with E-state index in [9.17, 15) is 14.7 Å². The molecule has 9 atom stereocenters. The monoisotopic (exact) mass is 460 g/mol. The predicted molar refractivity (Wildman–Crippen MR) is 130 cm³/mol. The number of hydrogen-bond donors (Lipinski definition) is 1. The van der Waals surface area contributed by atoms with E-state index in [4.69, 9.17) is 4.74 Å². The Kier molecular flexibility index (Phi) is 6.84. The summed E-state index contributed by atoms with van der Waals surface area (Å²) < 4.78 is 5.46. The highest BCUT2D eigenvalue weighted by Crippen LogP contribution is 2.68. The molecule has 4 rings (SSSR count). The molecule has 0 aromatic rings. The fourth-order valence-electron chi connectivity index (χ4n) is 9.36. The van der Waals surface area contributed by atoms with Gasteiger partial charge in [0.2, 0.25) is 0 Å². The van der Waals surface area contributed by atoms with Gasteiger partial charge in [0, 0.05) is 25.2 Å².